The molecule has 0 spiro atoms. The van der Waals surface area contributed by atoms with Crippen molar-refractivity contribution in [1.82, 2.24) is 10.2 Å². The maximum atomic E-state index is 12.7. The van der Waals surface area contributed by atoms with Crippen LogP contribution in [0.1, 0.15) is 26.9 Å². The molecule has 0 bridgehead atoms. The highest BCUT2D eigenvalue weighted by molar-refractivity contribution is 7.99. The summed E-state index contributed by atoms with van der Waals surface area (Å²) in [6.07, 6.45) is 0. The van der Waals surface area contributed by atoms with Crippen LogP contribution in [-0.2, 0) is 11.3 Å². The molecule has 3 aliphatic heterocycles. The number of hydrogen-bond acceptors (Lipinski definition) is 5. The van der Waals surface area contributed by atoms with E-state index in [0.717, 1.165) is 16.9 Å². The number of nitrogens with one attached hydrogen (secondary N) is 1. The summed E-state index contributed by atoms with van der Waals surface area (Å²) in [6, 6.07) is 12.8. The van der Waals surface area contributed by atoms with Crippen molar-refractivity contribution in [3.63, 3.8) is 0 Å². The zero-order valence-electron chi connectivity index (χ0n) is 13.8. The van der Waals surface area contributed by atoms with Crippen molar-refractivity contribution in [1.29, 1.82) is 0 Å². The van der Waals surface area contributed by atoms with Crippen LogP contribution in [0.4, 0.5) is 0 Å². The van der Waals surface area contributed by atoms with E-state index in [1.165, 1.54) is 0 Å². The minimum atomic E-state index is -0.445. The van der Waals surface area contributed by atoms with Gasteiger partial charge in [-0.1, -0.05) is 24.3 Å². The zero-order valence-corrected chi connectivity index (χ0v) is 14.6. The molecule has 2 aromatic carbocycles. The molecule has 1 N–H and O–H groups in total. The number of ether oxygens (including phenoxy) is 2. The fourth-order valence-electron chi connectivity index (χ4n) is 3.60. The third-order valence-electron chi connectivity index (χ3n) is 4.90. The van der Waals surface area contributed by atoms with Crippen molar-refractivity contribution < 1.29 is 19.1 Å². The van der Waals surface area contributed by atoms with Gasteiger partial charge in [0.1, 0.15) is 11.4 Å². The third-order valence-corrected chi connectivity index (χ3v) is 6.20. The van der Waals surface area contributed by atoms with Gasteiger partial charge in [-0.25, -0.2) is 0 Å². The summed E-state index contributed by atoms with van der Waals surface area (Å²) in [5.74, 6) is 1.84. The highest BCUT2D eigenvalue weighted by Gasteiger charge is 2.48. The van der Waals surface area contributed by atoms with E-state index in [4.69, 9.17) is 9.47 Å². The summed E-state index contributed by atoms with van der Waals surface area (Å²) < 4.78 is 10.7. The smallest absolute Gasteiger partial charge is 0.256 e. The summed E-state index contributed by atoms with van der Waals surface area (Å²) >= 11 is 1.64. The number of fused-ring (bicyclic) bond motifs is 4. The number of carbonyl (C=O) groups is 2. The van der Waals surface area contributed by atoms with Crippen LogP contribution >= 0.6 is 11.8 Å². The number of amides is 2. The Hall–Kier alpha value is -2.67. The van der Waals surface area contributed by atoms with Crippen molar-refractivity contribution in [2.45, 2.75) is 18.0 Å². The standard InChI is InChI=1S/C19H16N2O4S/c22-17(20-8-11-5-6-15-16(7-11)25-10-24-15)14-9-26-19-13-4-2-1-3-12(13)18(23)21(14)19/h1-7,14,19H,8-10H2,(H,20,22)/t14-,19-/m0/s1. The topological polar surface area (TPSA) is 67.9 Å². The summed E-state index contributed by atoms with van der Waals surface area (Å²) in [7, 11) is 0. The highest BCUT2D eigenvalue weighted by Crippen LogP contribution is 2.48. The minimum Gasteiger partial charge on any atom is -0.454 e. The number of benzene rings is 2. The van der Waals surface area contributed by atoms with Gasteiger partial charge in [-0.15, -0.1) is 11.8 Å². The summed E-state index contributed by atoms with van der Waals surface area (Å²) in [5.41, 5.74) is 2.65. The minimum absolute atomic E-state index is 0.0556. The van der Waals surface area contributed by atoms with E-state index in [-0.39, 0.29) is 24.0 Å². The van der Waals surface area contributed by atoms with E-state index in [1.54, 1.807) is 16.7 Å². The molecule has 1 saturated heterocycles. The maximum absolute atomic E-state index is 12.7. The first kappa shape index (κ1) is 15.6. The summed E-state index contributed by atoms with van der Waals surface area (Å²) in [4.78, 5) is 27.1. The largest absolute Gasteiger partial charge is 0.454 e. The van der Waals surface area contributed by atoms with Gasteiger partial charge in [-0.05, 0) is 29.3 Å². The molecule has 2 atom stereocenters. The quantitative estimate of drug-likeness (QED) is 0.900. The Morgan fingerprint density at radius 2 is 2.04 bits per heavy atom. The molecule has 0 aromatic heterocycles. The van der Waals surface area contributed by atoms with Crippen molar-refractivity contribution in [3.8, 4) is 11.5 Å². The lowest BCUT2D eigenvalue weighted by molar-refractivity contribution is -0.124. The number of nitrogens with zero attached hydrogens (tertiary/aromatic N) is 1. The lowest BCUT2D eigenvalue weighted by atomic mass is 10.1. The molecule has 7 heteroatoms. The van der Waals surface area contributed by atoms with Gasteiger partial charge in [-0.2, -0.15) is 0 Å². The van der Waals surface area contributed by atoms with Gasteiger partial charge in [0.25, 0.3) is 5.91 Å². The first-order valence-corrected chi connectivity index (χ1v) is 9.47. The second kappa shape index (κ2) is 5.95. The molecule has 2 aromatic rings. The molecule has 0 aliphatic carbocycles. The Bertz CT molecular complexity index is 916. The molecule has 5 rings (SSSR count). The Balaban J connectivity index is 1.29. The second-order valence-corrected chi connectivity index (χ2v) is 7.52. The molecule has 1 fully saturated rings. The van der Waals surface area contributed by atoms with E-state index in [0.29, 0.717) is 23.6 Å². The van der Waals surface area contributed by atoms with E-state index >= 15 is 0 Å². The number of rotatable bonds is 3. The number of hydrogen-bond donors (Lipinski definition) is 1. The Kier molecular flexibility index (Phi) is 3.56. The summed E-state index contributed by atoms with van der Waals surface area (Å²) in [5, 5.41) is 2.89. The van der Waals surface area contributed by atoms with E-state index in [9.17, 15) is 9.59 Å². The van der Waals surface area contributed by atoms with Gasteiger partial charge in [0.05, 0.1) is 0 Å². The zero-order chi connectivity index (χ0) is 17.7. The highest BCUT2D eigenvalue weighted by atomic mass is 32.2. The molecule has 0 saturated carbocycles. The molecule has 6 nitrogen and oxygen atoms in total. The van der Waals surface area contributed by atoms with Crippen LogP contribution in [0.3, 0.4) is 0 Å². The lowest BCUT2D eigenvalue weighted by Crippen LogP contribution is -2.45. The Morgan fingerprint density at radius 3 is 2.96 bits per heavy atom. The lowest BCUT2D eigenvalue weighted by Gasteiger charge is -2.22. The molecule has 0 radical (unpaired) electrons. The van der Waals surface area contributed by atoms with Gasteiger partial charge in [0.2, 0.25) is 12.7 Å². The molecule has 0 unspecified atom stereocenters. The fourth-order valence-corrected chi connectivity index (χ4v) is 5.07. The molecule has 2 amide bonds. The van der Waals surface area contributed by atoms with Gasteiger partial charge < -0.3 is 19.7 Å². The number of thioether (sulfide) groups is 1. The molecule has 26 heavy (non-hydrogen) atoms. The van der Waals surface area contributed by atoms with E-state index < -0.39 is 6.04 Å². The van der Waals surface area contributed by atoms with Crippen molar-refractivity contribution in [2.24, 2.45) is 0 Å². The molecular formula is C19H16N2O4S. The van der Waals surface area contributed by atoms with Crippen LogP contribution < -0.4 is 14.8 Å². The number of carbonyl (C=O) groups excluding carboxylic acids is 2. The van der Waals surface area contributed by atoms with Gasteiger partial charge in [0, 0.05) is 17.9 Å². The van der Waals surface area contributed by atoms with Crippen LogP contribution in [0.15, 0.2) is 42.5 Å². The predicted molar refractivity (Wildman–Crippen MR) is 96.0 cm³/mol. The SMILES string of the molecule is O=C(NCc1ccc2c(c1)OCO2)[C@@H]1CS[C@H]2c3ccccc3C(=O)N12. The molecular weight excluding hydrogens is 352 g/mol. The van der Waals surface area contributed by atoms with Gasteiger partial charge in [-0.3, -0.25) is 9.59 Å². The summed E-state index contributed by atoms with van der Waals surface area (Å²) in [6.45, 7) is 0.611. The maximum Gasteiger partial charge on any atom is 0.256 e. The average Bonchev–Trinajstić information content (AvgIpc) is 3.36. The van der Waals surface area contributed by atoms with Crippen molar-refractivity contribution in [3.05, 3.63) is 59.2 Å². The molecule has 132 valence electrons. The van der Waals surface area contributed by atoms with Crippen molar-refractivity contribution in [2.75, 3.05) is 12.5 Å². The van der Waals surface area contributed by atoms with E-state index in [2.05, 4.69) is 5.32 Å². The van der Waals surface area contributed by atoms with Crippen LogP contribution in [0.2, 0.25) is 0 Å². The van der Waals surface area contributed by atoms with E-state index in [1.807, 2.05) is 42.5 Å². The first-order valence-electron chi connectivity index (χ1n) is 8.42. The second-order valence-electron chi connectivity index (χ2n) is 6.41. The van der Waals surface area contributed by atoms with Gasteiger partial charge >= 0.3 is 0 Å². The van der Waals surface area contributed by atoms with Crippen LogP contribution in [0.25, 0.3) is 0 Å². The Labute approximate surface area is 154 Å². The van der Waals surface area contributed by atoms with Crippen molar-refractivity contribution >= 4 is 23.6 Å². The average molecular weight is 368 g/mol. The van der Waals surface area contributed by atoms with Crippen LogP contribution in [-0.4, -0.2) is 35.3 Å². The third kappa shape index (κ3) is 2.34. The predicted octanol–water partition coefficient (Wildman–Crippen LogP) is 2.30. The van der Waals surface area contributed by atoms with Crippen LogP contribution in [0, 0.1) is 0 Å². The normalized spacial score (nSPS) is 22.3. The Morgan fingerprint density at radius 1 is 1.19 bits per heavy atom. The molecule has 3 heterocycles. The van der Waals surface area contributed by atoms with Gasteiger partial charge in [0.15, 0.2) is 11.5 Å². The fraction of sp³-hybridized carbons (Fsp3) is 0.263. The monoisotopic (exact) mass is 368 g/mol. The molecule has 3 aliphatic rings. The van der Waals surface area contributed by atoms with Crippen LogP contribution in [0.5, 0.6) is 11.5 Å². The first-order chi connectivity index (χ1) is 12.7.